The summed E-state index contributed by atoms with van der Waals surface area (Å²) in [6, 6.07) is 5.96. The molecule has 1 aromatic carbocycles. The molecule has 0 radical (unpaired) electrons. The number of benzene rings is 1. The normalized spacial score (nSPS) is 16.1. The van der Waals surface area contributed by atoms with Crippen LogP contribution >= 0.6 is 11.6 Å². The fourth-order valence-corrected chi connectivity index (χ4v) is 2.27. The molecular weight excluding hydrogens is 208 g/mol. The molecule has 2 nitrogen and oxygen atoms in total. The standard InChI is InChI=1S/C12H13ClN2/c1-2-15-11-6-5-9(13)7-10(11)14-12(15)8-3-4-8/h5-8H,2-4H2,1H3. The second-order valence-corrected chi connectivity index (χ2v) is 4.56. The lowest BCUT2D eigenvalue weighted by Crippen LogP contribution is -1.99. The third kappa shape index (κ3) is 1.44. The maximum Gasteiger partial charge on any atom is 0.112 e. The van der Waals surface area contributed by atoms with Crippen LogP contribution < -0.4 is 0 Å². The van der Waals surface area contributed by atoms with Gasteiger partial charge in [-0.05, 0) is 38.0 Å². The van der Waals surface area contributed by atoms with Crippen LogP contribution in [-0.2, 0) is 6.54 Å². The highest BCUT2D eigenvalue weighted by Gasteiger charge is 2.29. The van der Waals surface area contributed by atoms with Crippen molar-refractivity contribution in [1.82, 2.24) is 9.55 Å². The summed E-state index contributed by atoms with van der Waals surface area (Å²) in [5.41, 5.74) is 2.25. The van der Waals surface area contributed by atoms with Gasteiger partial charge in [-0.1, -0.05) is 11.6 Å². The second kappa shape index (κ2) is 3.24. The minimum Gasteiger partial charge on any atom is -0.328 e. The summed E-state index contributed by atoms with van der Waals surface area (Å²) in [6.07, 6.45) is 2.58. The Morgan fingerprint density at radius 3 is 2.93 bits per heavy atom. The molecule has 1 saturated carbocycles. The fourth-order valence-electron chi connectivity index (χ4n) is 2.11. The molecule has 1 heterocycles. The molecule has 0 aliphatic heterocycles. The van der Waals surface area contributed by atoms with E-state index in [1.807, 2.05) is 12.1 Å². The van der Waals surface area contributed by atoms with E-state index in [1.54, 1.807) is 0 Å². The number of fused-ring (bicyclic) bond motifs is 1. The van der Waals surface area contributed by atoms with E-state index in [-0.39, 0.29) is 0 Å². The van der Waals surface area contributed by atoms with Crippen LogP contribution in [0.5, 0.6) is 0 Å². The molecule has 0 N–H and O–H groups in total. The fraction of sp³-hybridized carbons (Fsp3) is 0.417. The summed E-state index contributed by atoms with van der Waals surface area (Å²) in [4.78, 5) is 4.68. The summed E-state index contributed by atoms with van der Waals surface area (Å²) in [7, 11) is 0. The number of halogens is 1. The van der Waals surface area contributed by atoms with Crippen molar-refractivity contribution in [3.05, 3.63) is 29.0 Å². The lowest BCUT2D eigenvalue weighted by Gasteiger charge is -2.03. The molecule has 1 aromatic heterocycles. The van der Waals surface area contributed by atoms with Gasteiger partial charge in [-0.2, -0.15) is 0 Å². The second-order valence-electron chi connectivity index (χ2n) is 4.12. The van der Waals surface area contributed by atoms with Crippen LogP contribution in [0, 0.1) is 0 Å². The first kappa shape index (κ1) is 9.22. The SMILES string of the molecule is CCn1c(C2CC2)nc2cc(Cl)ccc21. The van der Waals surface area contributed by atoms with Gasteiger partial charge >= 0.3 is 0 Å². The maximum absolute atomic E-state index is 5.97. The van der Waals surface area contributed by atoms with Gasteiger partial charge in [0, 0.05) is 17.5 Å². The highest BCUT2D eigenvalue weighted by molar-refractivity contribution is 6.31. The molecule has 0 saturated heterocycles. The molecule has 0 bridgehead atoms. The van der Waals surface area contributed by atoms with E-state index in [2.05, 4.69) is 22.5 Å². The van der Waals surface area contributed by atoms with E-state index in [4.69, 9.17) is 11.6 Å². The van der Waals surface area contributed by atoms with Crippen LogP contribution in [0.4, 0.5) is 0 Å². The van der Waals surface area contributed by atoms with Gasteiger partial charge in [-0.3, -0.25) is 0 Å². The molecule has 0 unspecified atom stereocenters. The molecular formula is C12H13ClN2. The van der Waals surface area contributed by atoms with Gasteiger partial charge < -0.3 is 4.57 Å². The summed E-state index contributed by atoms with van der Waals surface area (Å²) in [5.74, 6) is 1.94. The van der Waals surface area contributed by atoms with Gasteiger partial charge in [0.15, 0.2) is 0 Å². The van der Waals surface area contributed by atoms with Crippen molar-refractivity contribution in [3.8, 4) is 0 Å². The zero-order chi connectivity index (χ0) is 10.4. The largest absolute Gasteiger partial charge is 0.328 e. The van der Waals surface area contributed by atoms with Crippen LogP contribution in [0.1, 0.15) is 31.5 Å². The average molecular weight is 221 g/mol. The van der Waals surface area contributed by atoms with Crippen LogP contribution in [0.3, 0.4) is 0 Å². The van der Waals surface area contributed by atoms with Crippen molar-refractivity contribution < 1.29 is 0 Å². The highest BCUT2D eigenvalue weighted by Crippen LogP contribution is 2.40. The smallest absolute Gasteiger partial charge is 0.112 e. The Morgan fingerprint density at radius 2 is 2.27 bits per heavy atom. The van der Waals surface area contributed by atoms with E-state index < -0.39 is 0 Å². The minimum atomic E-state index is 0.691. The Labute approximate surface area is 93.9 Å². The van der Waals surface area contributed by atoms with Crippen LogP contribution in [-0.4, -0.2) is 9.55 Å². The van der Waals surface area contributed by atoms with Crippen LogP contribution in [0.2, 0.25) is 5.02 Å². The third-order valence-corrected chi connectivity index (χ3v) is 3.23. The minimum absolute atomic E-state index is 0.691. The quantitative estimate of drug-likeness (QED) is 0.757. The zero-order valence-electron chi connectivity index (χ0n) is 8.70. The van der Waals surface area contributed by atoms with E-state index in [9.17, 15) is 0 Å². The predicted octanol–water partition coefficient (Wildman–Crippen LogP) is 3.59. The summed E-state index contributed by atoms with van der Waals surface area (Å²) in [6.45, 7) is 3.16. The number of rotatable bonds is 2. The topological polar surface area (TPSA) is 17.8 Å². The van der Waals surface area contributed by atoms with Gasteiger partial charge in [0.2, 0.25) is 0 Å². The Kier molecular flexibility index (Phi) is 1.99. The van der Waals surface area contributed by atoms with Crippen molar-refractivity contribution in [3.63, 3.8) is 0 Å². The van der Waals surface area contributed by atoms with E-state index in [0.29, 0.717) is 5.92 Å². The average Bonchev–Trinajstić information content (AvgIpc) is 2.99. The predicted molar refractivity (Wildman–Crippen MR) is 62.4 cm³/mol. The van der Waals surface area contributed by atoms with Gasteiger partial charge in [0.05, 0.1) is 11.0 Å². The van der Waals surface area contributed by atoms with Gasteiger partial charge in [-0.25, -0.2) is 4.98 Å². The molecule has 0 atom stereocenters. The first-order chi connectivity index (χ1) is 7.29. The highest BCUT2D eigenvalue weighted by atomic mass is 35.5. The Morgan fingerprint density at radius 1 is 1.47 bits per heavy atom. The van der Waals surface area contributed by atoms with E-state index in [0.717, 1.165) is 17.1 Å². The van der Waals surface area contributed by atoms with Crippen molar-refractivity contribution in [2.75, 3.05) is 0 Å². The lowest BCUT2D eigenvalue weighted by atomic mass is 10.3. The lowest BCUT2D eigenvalue weighted by molar-refractivity contribution is 0.720. The Balaban J connectivity index is 2.26. The molecule has 1 aliphatic rings. The Hall–Kier alpha value is -1.02. The van der Waals surface area contributed by atoms with Crippen LogP contribution in [0.15, 0.2) is 18.2 Å². The van der Waals surface area contributed by atoms with Crippen molar-refractivity contribution in [2.24, 2.45) is 0 Å². The van der Waals surface area contributed by atoms with Crippen molar-refractivity contribution >= 4 is 22.6 Å². The molecule has 0 spiro atoms. The molecule has 2 aromatic rings. The van der Waals surface area contributed by atoms with Crippen LogP contribution in [0.25, 0.3) is 11.0 Å². The number of aryl methyl sites for hydroxylation is 1. The molecule has 15 heavy (non-hydrogen) atoms. The molecule has 1 fully saturated rings. The molecule has 0 amide bonds. The molecule has 78 valence electrons. The number of aromatic nitrogens is 2. The first-order valence-corrected chi connectivity index (χ1v) is 5.83. The Bertz CT molecular complexity index is 512. The molecule has 3 rings (SSSR count). The van der Waals surface area contributed by atoms with Gasteiger partial charge in [-0.15, -0.1) is 0 Å². The van der Waals surface area contributed by atoms with Gasteiger partial charge in [0.25, 0.3) is 0 Å². The molecule has 3 heteroatoms. The van der Waals surface area contributed by atoms with Crippen molar-refractivity contribution in [1.29, 1.82) is 0 Å². The molecule has 1 aliphatic carbocycles. The first-order valence-electron chi connectivity index (χ1n) is 5.45. The monoisotopic (exact) mass is 220 g/mol. The summed E-state index contributed by atoms with van der Waals surface area (Å²) in [5, 5.41) is 0.769. The maximum atomic E-state index is 5.97. The zero-order valence-corrected chi connectivity index (χ0v) is 9.46. The summed E-state index contributed by atoms with van der Waals surface area (Å²) < 4.78 is 2.31. The third-order valence-electron chi connectivity index (χ3n) is 3.00. The van der Waals surface area contributed by atoms with E-state index >= 15 is 0 Å². The number of hydrogen-bond acceptors (Lipinski definition) is 1. The number of imidazole rings is 1. The van der Waals surface area contributed by atoms with Gasteiger partial charge in [0.1, 0.15) is 5.82 Å². The number of nitrogens with zero attached hydrogens (tertiary/aromatic N) is 2. The summed E-state index contributed by atoms with van der Waals surface area (Å²) >= 11 is 5.97. The number of hydrogen-bond donors (Lipinski definition) is 0. The van der Waals surface area contributed by atoms with E-state index in [1.165, 1.54) is 24.2 Å². The van der Waals surface area contributed by atoms with Crippen molar-refractivity contribution in [2.45, 2.75) is 32.2 Å².